The summed E-state index contributed by atoms with van der Waals surface area (Å²) < 4.78 is 26.0. The van der Waals surface area contributed by atoms with Gasteiger partial charge in [0.05, 0.1) is 5.69 Å². The number of rotatable bonds is 2. The van der Waals surface area contributed by atoms with E-state index in [1.807, 2.05) is 0 Å². The Morgan fingerprint density at radius 2 is 2.06 bits per heavy atom. The first-order chi connectivity index (χ1) is 7.66. The molecule has 86 valence electrons. The number of urea groups is 1. The molecular weight excluding hydrogens is 214 g/mol. The second-order valence-electron chi connectivity index (χ2n) is 3.83. The van der Waals surface area contributed by atoms with Crippen LogP contribution in [0.3, 0.4) is 0 Å². The van der Waals surface area contributed by atoms with Gasteiger partial charge in [0.1, 0.15) is 0 Å². The summed E-state index contributed by atoms with van der Waals surface area (Å²) in [6, 6.07) is 3.34. The highest BCUT2D eigenvalue weighted by molar-refractivity contribution is 5.89. The molecule has 2 rings (SSSR count). The third-order valence-electron chi connectivity index (χ3n) is 2.64. The minimum absolute atomic E-state index is 0.142. The molecule has 0 radical (unpaired) electrons. The molecule has 1 fully saturated rings. The second-order valence-corrected chi connectivity index (χ2v) is 3.83. The summed E-state index contributed by atoms with van der Waals surface area (Å²) in [7, 11) is 0. The molecule has 1 aliphatic rings. The Bertz CT molecular complexity index is 405. The Morgan fingerprint density at radius 1 is 1.31 bits per heavy atom. The Kier molecular flexibility index (Phi) is 3.03. The third kappa shape index (κ3) is 2.29. The Hall–Kier alpha value is -1.65. The summed E-state index contributed by atoms with van der Waals surface area (Å²) in [4.78, 5) is 11.4. The maximum atomic E-state index is 13.2. The van der Waals surface area contributed by atoms with Gasteiger partial charge in [0, 0.05) is 6.04 Å². The largest absolute Gasteiger partial charge is 0.335 e. The minimum atomic E-state index is -1.04. The summed E-state index contributed by atoms with van der Waals surface area (Å²) >= 11 is 0. The van der Waals surface area contributed by atoms with Crippen molar-refractivity contribution in [2.24, 2.45) is 0 Å². The van der Waals surface area contributed by atoms with Crippen LogP contribution < -0.4 is 10.6 Å². The van der Waals surface area contributed by atoms with Crippen LogP contribution in [0.15, 0.2) is 18.2 Å². The van der Waals surface area contributed by atoms with Crippen molar-refractivity contribution in [3.8, 4) is 0 Å². The molecule has 0 saturated heterocycles. The first-order valence-electron chi connectivity index (χ1n) is 5.18. The van der Waals surface area contributed by atoms with Gasteiger partial charge < -0.3 is 10.6 Å². The van der Waals surface area contributed by atoms with E-state index in [0.717, 1.165) is 25.3 Å². The molecule has 2 N–H and O–H groups in total. The predicted octanol–water partition coefficient (Wildman–Crippen LogP) is 2.64. The zero-order valence-corrected chi connectivity index (χ0v) is 8.59. The highest BCUT2D eigenvalue weighted by atomic mass is 19.2. The number of halogens is 2. The van der Waals surface area contributed by atoms with Gasteiger partial charge in [0.25, 0.3) is 0 Å². The minimum Gasteiger partial charge on any atom is -0.335 e. The number of hydrogen-bond acceptors (Lipinski definition) is 1. The average Bonchev–Trinajstić information content (AvgIpc) is 2.19. The fourth-order valence-electron chi connectivity index (χ4n) is 1.50. The predicted molar refractivity (Wildman–Crippen MR) is 56.2 cm³/mol. The van der Waals surface area contributed by atoms with Gasteiger partial charge in [-0.1, -0.05) is 6.07 Å². The summed E-state index contributed by atoms with van der Waals surface area (Å²) in [6.07, 6.45) is 2.98. The Balaban J connectivity index is 1.97. The van der Waals surface area contributed by atoms with Gasteiger partial charge in [0.2, 0.25) is 0 Å². The van der Waals surface area contributed by atoms with Gasteiger partial charge in [-0.25, -0.2) is 13.6 Å². The van der Waals surface area contributed by atoms with E-state index in [1.165, 1.54) is 12.1 Å². The maximum Gasteiger partial charge on any atom is 0.319 e. The lowest BCUT2D eigenvalue weighted by Gasteiger charge is -2.26. The first kappa shape index (κ1) is 10.9. The quantitative estimate of drug-likeness (QED) is 0.799. The molecule has 16 heavy (non-hydrogen) atoms. The fraction of sp³-hybridized carbons (Fsp3) is 0.364. The van der Waals surface area contributed by atoms with E-state index in [9.17, 15) is 13.6 Å². The normalized spacial score (nSPS) is 15.4. The highest BCUT2D eigenvalue weighted by Crippen LogP contribution is 2.19. The Morgan fingerprint density at radius 3 is 2.69 bits per heavy atom. The molecule has 3 nitrogen and oxygen atoms in total. The summed E-state index contributed by atoms with van der Waals surface area (Å²) in [5.74, 6) is -2.01. The van der Waals surface area contributed by atoms with Crippen LogP contribution in [0.25, 0.3) is 0 Å². The van der Waals surface area contributed by atoms with Crippen molar-refractivity contribution in [2.75, 3.05) is 5.32 Å². The lowest BCUT2D eigenvalue weighted by Crippen LogP contribution is -2.42. The van der Waals surface area contributed by atoms with Gasteiger partial charge in [-0.3, -0.25) is 0 Å². The number of benzene rings is 1. The number of hydrogen-bond donors (Lipinski definition) is 2. The van der Waals surface area contributed by atoms with Gasteiger partial charge in [-0.2, -0.15) is 0 Å². The van der Waals surface area contributed by atoms with Crippen LogP contribution in [0, 0.1) is 11.6 Å². The van der Waals surface area contributed by atoms with Crippen LogP contribution in [0.1, 0.15) is 19.3 Å². The van der Waals surface area contributed by atoms with E-state index in [-0.39, 0.29) is 11.7 Å². The van der Waals surface area contributed by atoms with Crippen LogP contribution >= 0.6 is 0 Å². The van der Waals surface area contributed by atoms with Gasteiger partial charge in [-0.05, 0) is 31.4 Å². The zero-order valence-electron chi connectivity index (χ0n) is 8.59. The molecule has 5 heteroatoms. The molecule has 1 aliphatic carbocycles. The van der Waals surface area contributed by atoms with Crippen molar-refractivity contribution in [3.63, 3.8) is 0 Å². The van der Waals surface area contributed by atoms with E-state index < -0.39 is 17.7 Å². The molecule has 0 aliphatic heterocycles. The van der Waals surface area contributed by atoms with Gasteiger partial charge in [-0.15, -0.1) is 0 Å². The molecular formula is C11H12F2N2O. The van der Waals surface area contributed by atoms with E-state index in [2.05, 4.69) is 10.6 Å². The molecule has 1 saturated carbocycles. The molecule has 0 unspecified atom stereocenters. The van der Waals surface area contributed by atoms with Crippen molar-refractivity contribution in [3.05, 3.63) is 29.8 Å². The number of carbonyl (C=O) groups excluding carboxylic acids is 1. The van der Waals surface area contributed by atoms with Crippen molar-refractivity contribution < 1.29 is 13.6 Å². The van der Waals surface area contributed by atoms with E-state index in [0.29, 0.717) is 0 Å². The topological polar surface area (TPSA) is 41.1 Å². The van der Waals surface area contributed by atoms with Crippen LogP contribution in [0.2, 0.25) is 0 Å². The van der Waals surface area contributed by atoms with Crippen LogP contribution in [0.5, 0.6) is 0 Å². The monoisotopic (exact) mass is 226 g/mol. The lowest BCUT2D eigenvalue weighted by molar-refractivity contribution is 0.240. The average molecular weight is 226 g/mol. The first-order valence-corrected chi connectivity index (χ1v) is 5.18. The molecule has 0 aromatic heterocycles. The standard InChI is InChI=1S/C11H12F2N2O/c12-8-5-2-6-9(10(8)13)15-11(16)14-7-3-1-4-7/h2,5-7H,1,3-4H2,(H2,14,15,16). The van der Waals surface area contributed by atoms with Crippen molar-refractivity contribution in [2.45, 2.75) is 25.3 Å². The van der Waals surface area contributed by atoms with Crippen LogP contribution in [-0.4, -0.2) is 12.1 Å². The van der Waals surface area contributed by atoms with Crippen molar-refractivity contribution in [1.82, 2.24) is 5.32 Å². The van der Waals surface area contributed by atoms with Gasteiger partial charge in [0.15, 0.2) is 11.6 Å². The Labute approximate surface area is 91.8 Å². The van der Waals surface area contributed by atoms with E-state index in [1.54, 1.807) is 0 Å². The van der Waals surface area contributed by atoms with Crippen molar-refractivity contribution in [1.29, 1.82) is 0 Å². The molecule has 2 amide bonds. The molecule has 0 bridgehead atoms. The molecule has 0 atom stereocenters. The number of amides is 2. The molecule has 1 aromatic rings. The molecule has 0 heterocycles. The van der Waals surface area contributed by atoms with Crippen LogP contribution in [0.4, 0.5) is 19.3 Å². The van der Waals surface area contributed by atoms with Gasteiger partial charge >= 0.3 is 6.03 Å². The SMILES string of the molecule is O=C(Nc1cccc(F)c1F)NC1CCC1. The van der Waals surface area contributed by atoms with E-state index in [4.69, 9.17) is 0 Å². The fourth-order valence-corrected chi connectivity index (χ4v) is 1.50. The zero-order chi connectivity index (χ0) is 11.5. The second kappa shape index (κ2) is 4.47. The van der Waals surface area contributed by atoms with Crippen LogP contribution in [-0.2, 0) is 0 Å². The highest BCUT2D eigenvalue weighted by Gasteiger charge is 2.20. The third-order valence-corrected chi connectivity index (χ3v) is 2.64. The summed E-state index contributed by atoms with van der Waals surface area (Å²) in [5.41, 5.74) is -0.142. The smallest absolute Gasteiger partial charge is 0.319 e. The number of carbonyl (C=O) groups is 1. The molecule has 1 aromatic carbocycles. The lowest BCUT2D eigenvalue weighted by atomic mass is 9.93. The molecule has 0 spiro atoms. The number of nitrogens with one attached hydrogen (secondary N) is 2. The van der Waals surface area contributed by atoms with E-state index >= 15 is 0 Å². The number of anilines is 1. The summed E-state index contributed by atoms with van der Waals surface area (Å²) in [6.45, 7) is 0. The summed E-state index contributed by atoms with van der Waals surface area (Å²) in [5, 5.41) is 4.96. The van der Waals surface area contributed by atoms with Crippen molar-refractivity contribution >= 4 is 11.7 Å². The maximum absolute atomic E-state index is 13.2.